The van der Waals surface area contributed by atoms with Gasteiger partial charge in [-0.25, -0.2) is 4.79 Å². The first-order chi connectivity index (χ1) is 13.8. The highest BCUT2D eigenvalue weighted by Crippen LogP contribution is 2.37. The Bertz CT molecular complexity index is 1020. The Balaban J connectivity index is 1.23. The SMILES string of the molecule is O=C(Nc1ccc2c(c1)Cc1ccccc1-2)N1CCC(Nc2ccccc2)C1. The number of carbonyl (C=O) groups excluding carboxylic acids is 1. The molecule has 1 aliphatic heterocycles. The maximum atomic E-state index is 12.7. The van der Waals surface area contributed by atoms with E-state index in [1.54, 1.807) is 0 Å². The van der Waals surface area contributed by atoms with Crippen LogP contribution >= 0.6 is 0 Å². The van der Waals surface area contributed by atoms with Gasteiger partial charge < -0.3 is 15.5 Å². The van der Waals surface area contributed by atoms with Gasteiger partial charge in [-0.3, -0.25) is 0 Å². The summed E-state index contributed by atoms with van der Waals surface area (Å²) in [6.45, 7) is 1.49. The van der Waals surface area contributed by atoms with Crippen LogP contribution in [0.3, 0.4) is 0 Å². The van der Waals surface area contributed by atoms with E-state index in [4.69, 9.17) is 0 Å². The number of hydrogen-bond donors (Lipinski definition) is 2. The van der Waals surface area contributed by atoms with Gasteiger partial charge in [0.15, 0.2) is 0 Å². The predicted octanol–water partition coefficient (Wildman–Crippen LogP) is 4.98. The molecule has 0 bridgehead atoms. The van der Waals surface area contributed by atoms with E-state index in [2.05, 4.69) is 59.2 Å². The topological polar surface area (TPSA) is 44.4 Å². The van der Waals surface area contributed by atoms with Crippen LogP contribution in [-0.2, 0) is 6.42 Å². The molecule has 2 aliphatic rings. The van der Waals surface area contributed by atoms with Crippen molar-refractivity contribution < 1.29 is 4.79 Å². The van der Waals surface area contributed by atoms with Gasteiger partial charge >= 0.3 is 6.03 Å². The molecular weight excluding hydrogens is 346 g/mol. The highest BCUT2D eigenvalue weighted by molar-refractivity contribution is 5.91. The van der Waals surface area contributed by atoms with Crippen LogP contribution in [0.1, 0.15) is 17.5 Å². The quantitative estimate of drug-likeness (QED) is 0.535. The Kier molecular flexibility index (Phi) is 4.24. The fraction of sp³-hybridized carbons (Fsp3) is 0.208. The first kappa shape index (κ1) is 16.9. The van der Waals surface area contributed by atoms with E-state index in [0.717, 1.165) is 37.3 Å². The zero-order valence-electron chi connectivity index (χ0n) is 15.7. The Hall–Kier alpha value is -3.27. The Morgan fingerprint density at radius 1 is 0.857 bits per heavy atom. The van der Waals surface area contributed by atoms with Gasteiger partial charge in [0, 0.05) is 30.5 Å². The molecule has 140 valence electrons. The first-order valence-corrected chi connectivity index (χ1v) is 9.85. The second kappa shape index (κ2) is 7.04. The molecule has 4 heteroatoms. The number of carbonyl (C=O) groups is 1. The number of amides is 2. The molecule has 2 N–H and O–H groups in total. The van der Waals surface area contributed by atoms with Crippen LogP contribution < -0.4 is 10.6 Å². The fourth-order valence-corrected chi connectivity index (χ4v) is 4.26. The van der Waals surface area contributed by atoms with Crippen LogP contribution in [0.25, 0.3) is 11.1 Å². The van der Waals surface area contributed by atoms with E-state index in [-0.39, 0.29) is 6.03 Å². The average molecular weight is 369 g/mol. The number of likely N-dealkylation sites (tertiary alicyclic amines) is 1. The number of anilines is 2. The normalized spacial score (nSPS) is 17.1. The molecule has 4 nitrogen and oxygen atoms in total. The lowest BCUT2D eigenvalue weighted by Crippen LogP contribution is -2.34. The molecular formula is C24H23N3O. The lowest BCUT2D eigenvalue weighted by Gasteiger charge is -2.19. The highest BCUT2D eigenvalue weighted by Gasteiger charge is 2.26. The molecule has 1 unspecified atom stereocenters. The van der Waals surface area contributed by atoms with Crippen molar-refractivity contribution >= 4 is 17.4 Å². The van der Waals surface area contributed by atoms with Crippen LogP contribution in [0.15, 0.2) is 72.8 Å². The molecule has 1 saturated heterocycles. The summed E-state index contributed by atoms with van der Waals surface area (Å²) in [7, 11) is 0. The fourth-order valence-electron chi connectivity index (χ4n) is 4.26. The molecule has 0 saturated carbocycles. The Labute approximate surface area is 165 Å². The van der Waals surface area contributed by atoms with Crippen molar-refractivity contribution in [2.75, 3.05) is 23.7 Å². The van der Waals surface area contributed by atoms with Crippen molar-refractivity contribution in [3.63, 3.8) is 0 Å². The number of fused-ring (bicyclic) bond motifs is 3. The first-order valence-electron chi connectivity index (χ1n) is 9.85. The van der Waals surface area contributed by atoms with Gasteiger partial charge in [0.05, 0.1) is 0 Å². The number of benzene rings is 3. The molecule has 5 rings (SSSR count). The van der Waals surface area contributed by atoms with Gasteiger partial charge in [-0.05, 0) is 59.4 Å². The summed E-state index contributed by atoms with van der Waals surface area (Å²) in [4.78, 5) is 14.6. The second-order valence-electron chi connectivity index (χ2n) is 7.58. The smallest absolute Gasteiger partial charge is 0.321 e. The summed E-state index contributed by atoms with van der Waals surface area (Å²) in [6, 6.07) is 25.2. The summed E-state index contributed by atoms with van der Waals surface area (Å²) in [5.74, 6) is 0. The molecule has 0 aromatic heterocycles. The lowest BCUT2D eigenvalue weighted by molar-refractivity contribution is 0.222. The molecule has 1 heterocycles. The zero-order valence-corrected chi connectivity index (χ0v) is 15.7. The average Bonchev–Trinajstić information content (AvgIpc) is 3.33. The molecule has 1 fully saturated rings. The summed E-state index contributed by atoms with van der Waals surface area (Å²) in [5.41, 5.74) is 7.20. The third-order valence-electron chi connectivity index (χ3n) is 5.66. The minimum absolute atomic E-state index is 0.0205. The van der Waals surface area contributed by atoms with Gasteiger partial charge in [-0.2, -0.15) is 0 Å². The summed E-state index contributed by atoms with van der Waals surface area (Å²) < 4.78 is 0. The van der Waals surface area contributed by atoms with E-state index in [1.165, 1.54) is 22.3 Å². The number of rotatable bonds is 3. The van der Waals surface area contributed by atoms with Crippen molar-refractivity contribution in [3.8, 4) is 11.1 Å². The lowest BCUT2D eigenvalue weighted by atomic mass is 10.1. The maximum Gasteiger partial charge on any atom is 0.321 e. The molecule has 3 aromatic rings. The molecule has 3 aromatic carbocycles. The molecule has 0 radical (unpaired) electrons. The Morgan fingerprint density at radius 3 is 2.54 bits per heavy atom. The molecule has 1 aliphatic carbocycles. The molecule has 2 amide bonds. The third kappa shape index (κ3) is 3.22. The van der Waals surface area contributed by atoms with Crippen molar-refractivity contribution in [2.45, 2.75) is 18.9 Å². The van der Waals surface area contributed by atoms with Crippen molar-refractivity contribution in [3.05, 3.63) is 83.9 Å². The monoisotopic (exact) mass is 369 g/mol. The number of para-hydroxylation sites is 1. The second-order valence-corrected chi connectivity index (χ2v) is 7.58. The van der Waals surface area contributed by atoms with E-state index in [1.807, 2.05) is 29.2 Å². The summed E-state index contributed by atoms with van der Waals surface area (Å²) in [6.07, 6.45) is 1.89. The highest BCUT2D eigenvalue weighted by atomic mass is 16.2. The predicted molar refractivity (Wildman–Crippen MR) is 114 cm³/mol. The van der Waals surface area contributed by atoms with Gasteiger partial charge in [-0.1, -0.05) is 48.5 Å². The molecule has 0 spiro atoms. The Morgan fingerprint density at radius 2 is 1.64 bits per heavy atom. The van der Waals surface area contributed by atoms with Crippen molar-refractivity contribution in [1.29, 1.82) is 0 Å². The van der Waals surface area contributed by atoms with Crippen molar-refractivity contribution in [1.82, 2.24) is 4.90 Å². The van der Waals surface area contributed by atoms with E-state index >= 15 is 0 Å². The van der Waals surface area contributed by atoms with Crippen LogP contribution in [0, 0.1) is 0 Å². The molecule has 1 atom stereocenters. The number of nitrogens with one attached hydrogen (secondary N) is 2. The van der Waals surface area contributed by atoms with Crippen molar-refractivity contribution in [2.24, 2.45) is 0 Å². The summed E-state index contributed by atoms with van der Waals surface area (Å²) >= 11 is 0. The van der Waals surface area contributed by atoms with E-state index in [0.29, 0.717) is 6.04 Å². The van der Waals surface area contributed by atoms with E-state index < -0.39 is 0 Å². The largest absolute Gasteiger partial charge is 0.380 e. The molecule has 28 heavy (non-hydrogen) atoms. The summed E-state index contributed by atoms with van der Waals surface area (Å²) in [5, 5.41) is 6.60. The van der Waals surface area contributed by atoms with Crippen LogP contribution in [0.4, 0.5) is 16.2 Å². The standard InChI is InChI=1S/C24H23N3O/c28-24(27-13-12-21(16-27)25-19-7-2-1-3-8-19)26-20-10-11-23-18(15-20)14-17-6-4-5-9-22(17)23/h1-11,15,21,25H,12-14,16H2,(H,26,28). The number of nitrogens with zero attached hydrogens (tertiary/aromatic N) is 1. The minimum atomic E-state index is -0.0205. The number of hydrogen-bond acceptors (Lipinski definition) is 2. The maximum absolute atomic E-state index is 12.7. The third-order valence-corrected chi connectivity index (χ3v) is 5.66. The van der Waals surface area contributed by atoms with Crippen LogP contribution in [0.5, 0.6) is 0 Å². The van der Waals surface area contributed by atoms with Gasteiger partial charge in [0.1, 0.15) is 0 Å². The van der Waals surface area contributed by atoms with Gasteiger partial charge in [0.25, 0.3) is 0 Å². The minimum Gasteiger partial charge on any atom is -0.380 e. The van der Waals surface area contributed by atoms with E-state index in [9.17, 15) is 4.79 Å². The number of urea groups is 1. The van der Waals surface area contributed by atoms with Gasteiger partial charge in [0.2, 0.25) is 0 Å². The van der Waals surface area contributed by atoms with Gasteiger partial charge in [-0.15, -0.1) is 0 Å². The van der Waals surface area contributed by atoms with Crippen LogP contribution in [-0.4, -0.2) is 30.1 Å². The zero-order chi connectivity index (χ0) is 18.9. The van der Waals surface area contributed by atoms with Crippen LogP contribution in [0.2, 0.25) is 0 Å².